The standard InChI is InChI=1S/C15H13FN2O2S/c1-10-17-14(9-21-10)15(20)18-13-6-5-12(16)8-11(13)4-2-3-7-19/h5-6,8-9,19H,3,7H2,1H3,(H,18,20). The predicted molar refractivity (Wildman–Crippen MR) is 79.8 cm³/mol. The van der Waals surface area contributed by atoms with Gasteiger partial charge in [0.25, 0.3) is 5.91 Å². The maximum absolute atomic E-state index is 13.3. The van der Waals surface area contributed by atoms with Gasteiger partial charge in [0, 0.05) is 11.8 Å². The number of hydrogen-bond acceptors (Lipinski definition) is 4. The number of thiazole rings is 1. The first-order valence-corrected chi connectivity index (χ1v) is 7.11. The molecule has 0 bridgehead atoms. The molecule has 0 saturated carbocycles. The molecule has 0 unspecified atom stereocenters. The van der Waals surface area contributed by atoms with E-state index in [2.05, 4.69) is 22.1 Å². The first-order valence-electron chi connectivity index (χ1n) is 6.23. The van der Waals surface area contributed by atoms with Gasteiger partial charge in [-0.25, -0.2) is 9.37 Å². The molecule has 1 aromatic carbocycles. The molecular formula is C15H13FN2O2S. The topological polar surface area (TPSA) is 62.2 Å². The summed E-state index contributed by atoms with van der Waals surface area (Å²) >= 11 is 1.38. The lowest BCUT2D eigenvalue weighted by molar-refractivity contribution is 0.102. The van der Waals surface area contributed by atoms with Gasteiger partial charge in [-0.3, -0.25) is 4.79 Å². The van der Waals surface area contributed by atoms with Crippen LogP contribution in [-0.4, -0.2) is 22.6 Å². The smallest absolute Gasteiger partial charge is 0.275 e. The van der Waals surface area contributed by atoms with E-state index in [1.54, 1.807) is 5.38 Å². The van der Waals surface area contributed by atoms with E-state index in [0.717, 1.165) is 5.01 Å². The summed E-state index contributed by atoms with van der Waals surface area (Å²) in [5, 5.41) is 13.8. The molecule has 1 amide bonds. The molecule has 2 rings (SSSR count). The van der Waals surface area contributed by atoms with Gasteiger partial charge in [-0.05, 0) is 25.1 Å². The summed E-state index contributed by atoms with van der Waals surface area (Å²) in [4.78, 5) is 16.1. The number of carbonyl (C=O) groups is 1. The van der Waals surface area contributed by atoms with Crippen LogP contribution in [0.1, 0.15) is 27.5 Å². The van der Waals surface area contributed by atoms with Crippen molar-refractivity contribution in [3.8, 4) is 11.8 Å². The van der Waals surface area contributed by atoms with Gasteiger partial charge in [-0.15, -0.1) is 11.3 Å². The zero-order valence-electron chi connectivity index (χ0n) is 11.3. The molecule has 0 radical (unpaired) electrons. The molecule has 0 aliphatic rings. The number of halogens is 1. The molecule has 0 atom stereocenters. The zero-order valence-corrected chi connectivity index (χ0v) is 12.1. The summed E-state index contributed by atoms with van der Waals surface area (Å²) < 4.78 is 13.3. The summed E-state index contributed by atoms with van der Waals surface area (Å²) in [6.07, 6.45) is 0.287. The third-order valence-corrected chi connectivity index (χ3v) is 3.31. The van der Waals surface area contributed by atoms with Gasteiger partial charge in [0.15, 0.2) is 0 Å². The SMILES string of the molecule is Cc1nc(C(=O)Nc2ccc(F)cc2C#CCCO)cs1. The number of rotatable bonds is 3. The first kappa shape index (κ1) is 15.2. The highest BCUT2D eigenvalue weighted by Crippen LogP contribution is 2.18. The Bertz CT molecular complexity index is 716. The number of anilines is 1. The third kappa shape index (κ3) is 4.12. The van der Waals surface area contributed by atoms with Crippen LogP contribution in [0.2, 0.25) is 0 Å². The molecule has 1 heterocycles. The van der Waals surface area contributed by atoms with E-state index < -0.39 is 5.82 Å². The Morgan fingerprint density at radius 3 is 3.00 bits per heavy atom. The summed E-state index contributed by atoms with van der Waals surface area (Å²) in [5.41, 5.74) is 1.09. The first-order chi connectivity index (χ1) is 10.1. The van der Waals surface area contributed by atoms with Crippen molar-refractivity contribution in [3.63, 3.8) is 0 Å². The lowest BCUT2D eigenvalue weighted by Gasteiger charge is -2.06. The Kier molecular flexibility index (Phi) is 5.04. The molecule has 6 heteroatoms. The summed E-state index contributed by atoms with van der Waals surface area (Å²) in [6.45, 7) is 1.74. The van der Waals surface area contributed by atoms with Crippen molar-refractivity contribution < 1.29 is 14.3 Å². The fraction of sp³-hybridized carbons (Fsp3) is 0.200. The van der Waals surface area contributed by atoms with Crippen molar-refractivity contribution in [1.82, 2.24) is 4.98 Å². The van der Waals surface area contributed by atoms with E-state index in [-0.39, 0.29) is 18.9 Å². The van der Waals surface area contributed by atoms with Gasteiger partial charge in [-0.2, -0.15) is 0 Å². The number of aliphatic hydroxyl groups excluding tert-OH is 1. The highest BCUT2D eigenvalue weighted by Gasteiger charge is 2.11. The van der Waals surface area contributed by atoms with Gasteiger partial charge in [0.05, 0.1) is 22.9 Å². The van der Waals surface area contributed by atoms with E-state index in [4.69, 9.17) is 5.11 Å². The van der Waals surface area contributed by atoms with Crippen LogP contribution in [0.4, 0.5) is 10.1 Å². The van der Waals surface area contributed by atoms with Crippen LogP contribution in [-0.2, 0) is 0 Å². The molecule has 108 valence electrons. The number of nitrogens with zero attached hydrogens (tertiary/aromatic N) is 1. The van der Waals surface area contributed by atoms with Crippen LogP contribution in [0.15, 0.2) is 23.6 Å². The second kappa shape index (κ2) is 6.97. The second-order valence-corrected chi connectivity index (χ2v) is 5.23. The number of benzene rings is 1. The second-order valence-electron chi connectivity index (χ2n) is 4.17. The summed E-state index contributed by atoms with van der Waals surface area (Å²) in [5.74, 6) is 4.64. The molecule has 2 N–H and O–H groups in total. The van der Waals surface area contributed by atoms with Gasteiger partial charge in [0.2, 0.25) is 0 Å². The number of aliphatic hydroxyl groups is 1. The molecule has 0 aliphatic heterocycles. The van der Waals surface area contributed by atoms with Crippen LogP contribution < -0.4 is 5.32 Å². The van der Waals surface area contributed by atoms with Crippen molar-refractivity contribution in [3.05, 3.63) is 45.7 Å². The molecule has 0 saturated heterocycles. The average molecular weight is 304 g/mol. The summed E-state index contributed by atoms with van der Waals surface area (Å²) in [6, 6.07) is 3.95. The average Bonchev–Trinajstić information content (AvgIpc) is 2.88. The quantitative estimate of drug-likeness (QED) is 0.857. The molecule has 0 aliphatic carbocycles. The monoisotopic (exact) mass is 304 g/mol. The van der Waals surface area contributed by atoms with E-state index in [1.807, 2.05) is 6.92 Å². The molecule has 21 heavy (non-hydrogen) atoms. The Labute approximate surface area is 125 Å². The Morgan fingerprint density at radius 1 is 1.52 bits per heavy atom. The minimum Gasteiger partial charge on any atom is -0.395 e. The number of carbonyl (C=O) groups excluding carboxylic acids is 1. The maximum Gasteiger partial charge on any atom is 0.275 e. The number of amides is 1. The normalized spacial score (nSPS) is 9.86. The minimum absolute atomic E-state index is 0.0674. The molecule has 0 spiro atoms. The molecule has 4 nitrogen and oxygen atoms in total. The van der Waals surface area contributed by atoms with Crippen LogP contribution in [0.5, 0.6) is 0 Å². The van der Waals surface area contributed by atoms with Crippen molar-refractivity contribution in [2.75, 3.05) is 11.9 Å². The van der Waals surface area contributed by atoms with Crippen LogP contribution in [0.25, 0.3) is 0 Å². The van der Waals surface area contributed by atoms with Crippen molar-refractivity contribution in [1.29, 1.82) is 0 Å². The highest BCUT2D eigenvalue weighted by atomic mass is 32.1. The van der Waals surface area contributed by atoms with E-state index in [1.165, 1.54) is 29.5 Å². The third-order valence-electron chi connectivity index (χ3n) is 2.54. The van der Waals surface area contributed by atoms with Crippen LogP contribution in [0.3, 0.4) is 0 Å². The molecule has 0 fully saturated rings. The largest absolute Gasteiger partial charge is 0.395 e. The lowest BCUT2D eigenvalue weighted by Crippen LogP contribution is -2.13. The molecule has 2 aromatic rings. The van der Waals surface area contributed by atoms with Crippen LogP contribution in [0, 0.1) is 24.6 Å². The number of aryl methyl sites for hydroxylation is 1. The minimum atomic E-state index is -0.439. The van der Waals surface area contributed by atoms with Crippen molar-refractivity contribution >= 4 is 22.9 Å². The van der Waals surface area contributed by atoms with E-state index in [9.17, 15) is 9.18 Å². The van der Waals surface area contributed by atoms with Crippen molar-refractivity contribution in [2.24, 2.45) is 0 Å². The number of aromatic nitrogens is 1. The number of hydrogen-bond donors (Lipinski definition) is 2. The van der Waals surface area contributed by atoms with E-state index >= 15 is 0 Å². The summed E-state index contributed by atoms with van der Waals surface area (Å²) in [7, 11) is 0. The highest BCUT2D eigenvalue weighted by molar-refractivity contribution is 7.09. The Hall–Kier alpha value is -2.23. The van der Waals surface area contributed by atoms with Gasteiger partial charge in [0.1, 0.15) is 11.5 Å². The fourth-order valence-electron chi connectivity index (χ4n) is 1.60. The number of nitrogens with one attached hydrogen (secondary N) is 1. The van der Waals surface area contributed by atoms with E-state index in [0.29, 0.717) is 16.9 Å². The molecule has 1 aromatic heterocycles. The Balaban J connectivity index is 2.23. The molecular weight excluding hydrogens is 291 g/mol. The van der Waals surface area contributed by atoms with Crippen molar-refractivity contribution in [2.45, 2.75) is 13.3 Å². The maximum atomic E-state index is 13.3. The van der Waals surface area contributed by atoms with Gasteiger partial charge in [-0.1, -0.05) is 11.8 Å². The van der Waals surface area contributed by atoms with Gasteiger partial charge < -0.3 is 10.4 Å². The fourth-order valence-corrected chi connectivity index (χ4v) is 2.19. The zero-order chi connectivity index (χ0) is 15.2. The lowest BCUT2D eigenvalue weighted by atomic mass is 10.1. The predicted octanol–water partition coefficient (Wildman–Crippen LogP) is 2.58. The van der Waals surface area contributed by atoms with Crippen LogP contribution >= 0.6 is 11.3 Å². The Morgan fingerprint density at radius 2 is 2.33 bits per heavy atom. The van der Waals surface area contributed by atoms with Gasteiger partial charge >= 0.3 is 0 Å².